The van der Waals surface area contributed by atoms with Crippen molar-refractivity contribution in [1.82, 2.24) is 4.90 Å². The summed E-state index contributed by atoms with van der Waals surface area (Å²) in [7, 11) is 0. The fourth-order valence-electron chi connectivity index (χ4n) is 4.00. The van der Waals surface area contributed by atoms with Crippen LogP contribution in [0.4, 0.5) is 10.5 Å². The third kappa shape index (κ3) is 6.91. The normalized spacial score (nSPS) is 14.2. The van der Waals surface area contributed by atoms with Crippen molar-refractivity contribution in [1.29, 1.82) is 0 Å². The predicted molar refractivity (Wildman–Crippen MR) is 133 cm³/mol. The van der Waals surface area contributed by atoms with Crippen LogP contribution in [0.3, 0.4) is 0 Å². The van der Waals surface area contributed by atoms with E-state index in [-0.39, 0.29) is 0 Å². The first-order chi connectivity index (χ1) is 17.0. The molecule has 0 spiro atoms. The van der Waals surface area contributed by atoms with Crippen LogP contribution >= 0.6 is 11.6 Å². The van der Waals surface area contributed by atoms with Gasteiger partial charge in [0.2, 0.25) is 0 Å². The van der Waals surface area contributed by atoms with Gasteiger partial charge in [0.15, 0.2) is 0 Å². The highest BCUT2D eigenvalue weighted by molar-refractivity contribution is 6.32. The summed E-state index contributed by atoms with van der Waals surface area (Å²) >= 11 is 6.04. The van der Waals surface area contributed by atoms with E-state index in [1.165, 1.54) is 0 Å². The van der Waals surface area contributed by atoms with Gasteiger partial charge in [-0.1, -0.05) is 72.3 Å². The van der Waals surface area contributed by atoms with Gasteiger partial charge < -0.3 is 9.47 Å². The molecule has 8 heteroatoms. The number of likely N-dealkylation sites (tertiary alicyclic amines) is 1. The van der Waals surface area contributed by atoms with Crippen molar-refractivity contribution in [3.8, 4) is 11.1 Å². The summed E-state index contributed by atoms with van der Waals surface area (Å²) < 4.78 is 9.95. The fourth-order valence-corrected chi connectivity index (χ4v) is 4.21. The zero-order valence-corrected chi connectivity index (χ0v) is 19.7. The van der Waals surface area contributed by atoms with Crippen LogP contribution in [0.5, 0.6) is 0 Å². The Morgan fingerprint density at radius 1 is 0.886 bits per heavy atom. The van der Waals surface area contributed by atoms with Gasteiger partial charge in [-0.2, -0.15) is 0 Å². The molecule has 0 radical (unpaired) electrons. The second-order valence-corrected chi connectivity index (χ2v) is 8.66. The zero-order chi connectivity index (χ0) is 24.6. The van der Waals surface area contributed by atoms with Crippen molar-refractivity contribution in [2.45, 2.75) is 25.5 Å². The number of nitrogens with zero attached hydrogens (tertiary/aromatic N) is 1. The maximum Gasteiger partial charge on any atom is 0.426 e. The molecular formula is C27H25ClN2O5. The van der Waals surface area contributed by atoms with Gasteiger partial charge in [-0.05, 0) is 42.2 Å². The summed E-state index contributed by atoms with van der Waals surface area (Å²) in [6.45, 7) is 2.15. The number of esters is 2. The Morgan fingerprint density at radius 3 is 2.34 bits per heavy atom. The van der Waals surface area contributed by atoms with Gasteiger partial charge in [0.1, 0.15) is 6.10 Å². The summed E-state index contributed by atoms with van der Waals surface area (Å²) in [5.41, 5.74) is 3.20. The highest BCUT2D eigenvalue weighted by atomic mass is 35.5. The van der Waals surface area contributed by atoms with Crippen LogP contribution in [0, 0.1) is 0 Å². The van der Waals surface area contributed by atoms with Gasteiger partial charge in [0.05, 0.1) is 5.69 Å². The van der Waals surface area contributed by atoms with E-state index in [1.807, 2.05) is 66.7 Å². The Labute approximate surface area is 208 Å². The predicted octanol–water partition coefficient (Wildman–Crippen LogP) is 5.29. The highest BCUT2D eigenvalue weighted by Gasteiger charge is 2.28. The number of amides is 1. The molecule has 0 aromatic heterocycles. The quantitative estimate of drug-likeness (QED) is 0.296. The first-order valence-electron chi connectivity index (χ1n) is 11.3. The molecule has 1 N–H and O–H groups in total. The van der Waals surface area contributed by atoms with Crippen LogP contribution in [0.25, 0.3) is 11.1 Å². The Balaban J connectivity index is 1.24. The number of hydrogen-bond acceptors (Lipinski definition) is 6. The Morgan fingerprint density at radius 2 is 1.60 bits per heavy atom. The number of halogens is 1. The number of anilines is 1. The van der Waals surface area contributed by atoms with Gasteiger partial charge in [0.25, 0.3) is 0 Å². The third-order valence-electron chi connectivity index (χ3n) is 5.70. The number of hydrogen-bond donors (Lipinski definition) is 1. The maximum atomic E-state index is 12.3. The average molecular weight is 493 g/mol. The number of benzene rings is 3. The van der Waals surface area contributed by atoms with E-state index in [2.05, 4.69) is 15.0 Å². The number of carbonyl (C=O) groups is 3. The van der Waals surface area contributed by atoms with Crippen LogP contribution in [0.15, 0.2) is 78.9 Å². The van der Waals surface area contributed by atoms with Gasteiger partial charge >= 0.3 is 18.0 Å². The maximum absolute atomic E-state index is 12.3. The minimum absolute atomic E-state index is 0.410. The van der Waals surface area contributed by atoms with Gasteiger partial charge in [-0.25, -0.2) is 14.4 Å². The van der Waals surface area contributed by atoms with Crippen molar-refractivity contribution in [3.05, 3.63) is 89.4 Å². The number of carbonyl (C=O) groups excluding carboxylic acids is 3. The largest absolute Gasteiger partial charge is 0.454 e. The molecule has 3 aromatic rings. The minimum Gasteiger partial charge on any atom is -0.454 e. The van der Waals surface area contributed by atoms with E-state index in [0.717, 1.165) is 23.2 Å². The van der Waals surface area contributed by atoms with E-state index < -0.39 is 24.1 Å². The molecule has 1 aliphatic rings. The van der Waals surface area contributed by atoms with Crippen LogP contribution in [-0.2, 0) is 25.6 Å². The number of piperidine rings is 1. The first-order valence-corrected chi connectivity index (χ1v) is 11.7. The lowest BCUT2D eigenvalue weighted by molar-refractivity contribution is -0.168. The summed E-state index contributed by atoms with van der Waals surface area (Å²) in [5.74, 6) is -2.52. The smallest absolute Gasteiger partial charge is 0.426 e. The fraction of sp³-hybridized carbons (Fsp3) is 0.222. The van der Waals surface area contributed by atoms with E-state index in [0.29, 0.717) is 36.6 Å². The summed E-state index contributed by atoms with van der Waals surface area (Å²) in [5, 5.41) is 3.22. The molecule has 180 valence electrons. The SMILES string of the molecule is O=C(Nc1ccccc1-c1ccccc1)OC(=O)C(=O)OC1CCN(Cc2cccc(Cl)c2)CC1. The molecule has 0 saturated carbocycles. The standard InChI is InChI=1S/C27H25ClN2O5/c28-21-10-6-7-19(17-21)18-30-15-13-22(14-16-30)34-25(31)26(32)35-27(33)29-24-12-5-4-11-23(24)20-8-2-1-3-9-20/h1-12,17,22H,13-16,18H2,(H,29,33). The van der Waals surface area contributed by atoms with Crippen molar-refractivity contribution in [3.63, 3.8) is 0 Å². The summed E-state index contributed by atoms with van der Waals surface area (Å²) in [4.78, 5) is 38.8. The molecular weight excluding hydrogens is 468 g/mol. The molecule has 3 aromatic carbocycles. The summed E-state index contributed by atoms with van der Waals surface area (Å²) in [6, 6.07) is 24.2. The zero-order valence-electron chi connectivity index (χ0n) is 19.0. The molecule has 0 bridgehead atoms. The molecule has 0 unspecified atom stereocenters. The lowest BCUT2D eigenvalue weighted by Gasteiger charge is -2.31. The van der Waals surface area contributed by atoms with E-state index >= 15 is 0 Å². The van der Waals surface area contributed by atoms with Crippen LogP contribution in [-0.4, -0.2) is 42.1 Å². The topological polar surface area (TPSA) is 84.9 Å². The number of rotatable bonds is 5. The van der Waals surface area contributed by atoms with Crippen molar-refractivity contribution in [2.24, 2.45) is 0 Å². The molecule has 0 atom stereocenters. The third-order valence-corrected chi connectivity index (χ3v) is 5.94. The van der Waals surface area contributed by atoms with Crippen LogP contribution in [0.1, 0.15) is 18.4 Å². The number of nitrogens with one attached hydrogen (secondary N) is 1. The molecule has 1 fully saturated rings. The van der Waals surface area contributed by atoms with Crippen molar-refractivity contribution >= 4 is 35.3 Å². The second-order valence-electron chi connectivity index (χ2n) is 8.22. The van der Waals surface area contributed by atoms with Gasteiger partial charge in [-0.3, -0.25) is 10.2 Å². The second kappa shape index (κ2) is 11.6. The lowest BCUT2D eigenvalue weighted by Crippen LogP contribution is -2.39. The lowest BCUT2D eigenvalue weighted by atomic mass is 10.0. The van der Waals surface area contributed by atoms with Crippen LogP contribution in [0.2, 0.25) is 5.02 Å². The average Bonchev–Trinajstić information content (AvgIpc) is 2.86. The van der Waals surface area contributed by atoms with E-state index in [9.17, 15) is 14.4 Å². The van der Waals surface area contributed by atoms with Gasteiger partial charge in [0, 0.05) is 30.2 Å². The van der Waals surface area contributed by atoms with Crippen molar-refractivity contribution < 1.29 is 23.9 Å². The number of ether oxygens (including phenoxy) is 2. The molecule has 0 aliphatic carbocycles. The molecule has 1 saturated heterocycles. The van der Waals surface area contributed by atoms with Gasteiger partial charge in [-0.15, -0.1) is 0 Å². The minimum atomic E-state index is -1.35. The molecule has 1 heterocycles. The summed E-state index contributed by atoms with van der Waals surface area (Å²) in [6.07, 6.45) is -0.300. The first kappa shape index (κ1) is 24.4. The van der Waals surface area contributed by atoms with E-state index in [1.54, 1.807) is 12.1 Å². The Kier molecular flexibility index (Phi) is 8.13. The van der Waals surface area contributed by atoms with E-state index in [4.69, 9.17) is 16.3 Å². The van der Waals surface area contributed by atoms with Crippen LogP contribution < -0.4 is 5.32 Å². The molecule has 4 rings (SSSR count). The number of para-hydroxylation sites is 1. The molecule has 35 heavy (non-hydrogen) atoms. The molecule has 1 aliphatic heterocycles. The Bertz CT molecular complexity index is 1190. The Hall–Kier alpha value is -3.68. The molecule has 7 nitrogen and oxygen atoms in total. The monoisotopic (exact) mass is 492 g/mol. The van der Waals surface area contributed by atoms with Crippen molar-refractivity contribution in [2.75, 3.05) is 18.4 Å². The molecule has 1 amide bonds. The highest BCUT2D eigenvalue weighted by Crippen LogP contribution is 2.27.